The first-order valence-electron chi connectivity index (χ1n) is 11.9. The van der Waals surface area contributed by atoms with Gasteiger partial charge in [-0.25, -0.2) is 4.79 Å². The summed E-state index contributed by atoms with van der Waals surface area (Å²) in [7, 11) is 0. The Morgan fingerprint density at radius 2 is 1.76 bits per heavy atom. The fourth-order valence-corrected chi connectivity index (χ4v) is 4.28. The number of hydrogen-bond acceptors (Lipinski definition) is 5. The Kier molecular flexibility index (Phi) is 8.00. The molecule has 0 spiro atoms. The highest BCUT2D eigenvalue weighted by Crippen LogP contribution is 2.34. The van der Waals surface area contributed by atoms with Gasteiger partial charge >= 0.3 is 6.09 Å². The van der Waals surface area contributed by atoms with Crippen molar-refractivity contribution in [2.75, 3.05) is 13.2 Å². The Bertz CT molecular complexity index is 844. The third-order valence-corrected chi connectivity index (χ3v) is 6.29. The smallest absolute Gasteiger partial charge is 0.436 e. The lowest BCUT2D eigenvalue weighted by molar-refractivity contribution is -0.275. The van der Waals surface area contributed by atoms with Gasteiger partial charge in [-0.15, -0.1) is 0 Å². The number of amides is 3. The summed E-state index contributed by atoms with van der Waals surface area (Å²) in [5.74, 6) is -0.442. The molecule has 1 aromatic rings. The average Bonchev–Trinajstić information content (AvgIpc) is 2.78. The van der Waals surface area contributed by atoms with E-state index in [1.807, 2.05) is 71.9 Å². The van der Waals surface area contributed by atoms with Crippen molar-refractivity contribution in [3.05, 3.63) is 35.9 Å². The van der Waals surface area contributed by atoms with E-state index in [0.29, 0.717) is 6.54 Å². The highest BCUT2D eigenvalue weighted by Gasteiger charge is 2.54. The summed E-state index contributed by atoms with van der Waals surface area (Å²) in [6.45, 7) is 12.4. The third-order valence-electron chi connectivity index (χ3n) is 6.29. The summed E-state index contributed by atoms with van der Waals surface area (Å²) in [5.41, 5.74) is 0.985. The highest BCUT2D eigenvalue weighted by molar-refractivity contribution is 5.92. The molecule has 4 atom stereocenters. The van der Waals surface area contributed by atoms with Crippen LogP contribution in [0.25, 0.3) is 0 Å². The quantitative estimate of drug-likeness (QED) is 0.622. The Labute approximate surface area is 196 Å². The number of carbonyl (C=O) groups excluding carboxylic acids is 3. The Hall–Kier alpha value is -2.61. The lowest BCUT2D eigenvalue weighted by Crippen LogP contribution is -2.74. The molecule has 182 valence electrons. The number of fused-ring (bicyclic) bond motifs is 1. The number of benzene rings is 1. The maximum absolute atomic E-state index is 13.7. The Balaban J connectivity index is 1.99. The fraction of sp³-hybridized carbons (Fsp3) is 0.640. The highest BCUT2D eigenvalue weighted by atomic mass is 16.7. The fourth-order valence-electron chi connectivity index (χ4n) is 4.28. The van der Waals surface area contributed by atoms with Gasteiger partial charge in [0.25, 0.3) is 5.91 Å². The zero-order valence-corrected chi connectivity index (χ0v) is 20.6. The summed E-state index contributed by atoms with van der Waals surface area (Å²) in [4.78, 5) is 49.5. The molecule has 0 bridgehead atoms. The minimum Gasteiger partial charge on any atom is -0.448 e. The van der Waals surface area contributed by atoms with Crippen LogP contribution in [0, 0.1) is 17.8 Å². The van der Waals surface area contributed by atoms with Crippen LogP contribution in [0.4, 0.5) is 4.79 Å². The van der Waals surface area contributed by atoms with Crippen LogP contribution in [-0.4, -0.2) is 64.2 Å². The van der Waals surface area contributed by atoms with E-state index in [0.717, 1.165) is 12.0 Å². The Morgan fingerprint density at radius 3 is 2.33 bits per heavy atom. The molecule has 3 rings (SSSR count). The molecular formula is C25H37N3O5. The number of carbonyl (C=O) groups is 3. The molecule has 2 aliphatic heterocycles. The van der Waals surface area contributed by atoms with Gasteiger partial charge in [0.2, 0.25) is 5.91 Å². The average molecular weight is 460 g/mol. The summed E-state index contributed by atoms with van der Waals surface area (Å²) in [6, 6.07) is 9.04. The lowest BCUT2D eigenvalue weighted by atomic mass is 9.91. The zero-order valence-electron chi connectivity index (χ0n) is 20.6. The molecule has 8 heteroatoms. The van der Waals surface area contributed by atoms with E-state index < -0.39 is 24.4 Å². The number of nitrogens with zero attached hydrogens (tertiary/aromatic N) is 3. The normalized spacial score (nSPS) is 24.4. The molecule has 0 radical (unpaired) electrons. The van der Waals surface area contributed by atoms with Gasteiger partial charge in [-0.2, -0.15) is 5.06 Å². The second-order valence-corrected chi connectivity index (χ2v) is 9.83. The van der Waals surface area contributed by atoms with Gasteiger partial charge in [0.1, 0.15) is 6.04 Å². The van der Waals surface area contributed by atoms with E-state index in [-0.39, 0.29) is 42.7 Å². The van der Waals surface area contributed by atoms with E-state index in [4.69, 9.17) is 9.57 Å². The van der Waals surface area contributed by atoms with E-state index >= 15 is 0 Å². The molecular weight excluding hydrogens is 422 g/mol. The van der Waals surface area contributed by atoms with Crippen molar-refractivity contribution in [3.8, 4) is 0 Å². The Morgan fingerprint density at radius 1 is 1.09 bits per heavy atom. The zero-order chi connectivity index (χ0) is 24.3. The molecule has 0 unspecified atom stereocenters. The van der Waals surface area contributed by atoms with Crippen LogP contribution in [0.2, 0.25) is 0 Å². The van der Waals surface area contributed by atoms with Crippen molar-refractivity contribution < 1.29 is 24.0 Å². The maximum Gasteiger partial charge on any atom is 0.436 e. The van der Waals surface area contributed by atoms with Crippen molar-refractivity contribution in [1.82, 2.24) is 14.9 Å². The maximum atomic E-state index is 13.7. The van der Waals surface area contributed by atoms with Gasteiger partial charge in [-0.05, 0) is 23.3 Å². The van der Waals surface area contributed by atoms with Crippen LogP contribution in [0.15, 0.2) is 30.3 Å². The molecule has 0 aliphatic carbocycles. The number of piperazine rings is 1. The summed E-state index contributed by atoms with van der Waals surface area (Å²) < 4.78 is 5.48. The number of rotatable bonds is 7. The van der Waals surface area contributed by atoms with E-state index in [2.05, 4.69) is 0 Å². The van der Waals surface area contributed by atoms with Crippen molar-refractivity contribution >= 4 is 17.9 Å². The second kappa shape index (κ2) is 10.5. The molecule has 3 amide bonds. The molecule has 2 saturated heterocycles. The SMILES string of the molecule is CC[C@H](C)[C@H]1C(=O)N(Cc2ccccc2)C[C@@H]2N(C(=O)OCC(C)C)O[C@H](C(C)C)C(=O)N12. The van der Waals surface area contributed by atoms with Crippen molar-refractivity contribution in [2.45, 2.75) is 72.8 Å². The molecule has 2 heterocycles. The van der Waals surface area contributed by atoms with Gasteiger partial charge in [0, 0.05) is 6.54 Å². The topological polar surface area (TPSA) is 79.4 Å². The predicted octanol–water partition coefficient (Wildman–Crippen LogP) is 3.66. The van der Waals surface area contributed by atoms with Gasteiger partial charge in [-0.1, -0.05) is 78.3 Å². The summed E-state index contributed by atoms with van der Waals surface area (Å²) in [5, 5.41) is 1.19. The molecule has 1 aromatic carbocycles. The van der Waals surface area contributed by atoms with Gasteiger partial charge < -0.3 is 14.5 Å². The predicted molar refractivity (Wildman–Crippen MR) is 123 cm³/mol. The molecule has 0 saturated carbocycles. The minimum absolute atomic E-state index is 0.0815. The molecule has 0 N–H and O–H groups in total. The molecule has 2 aliphatic rings. The minimum atomic E-state index is -0.854. The van der Waals surface area contributed by atoms with Crippen LogP contribution in [0.5, 0.6) is 0 Å². The standard InChI is InChI=1S/C25H37N3O5/c1-7-18(6)21-23(29)26(13-19-11-9-8-10-12-19)14-20-27(21)24(30)22(17(4)5)33-28(20)25(31)32-15-16(2)3/h8-12,16-18,20-22H,7,13-15H2,1-6H3/t18-,20-,21-,22+/m0/s1. The molecule has 2 fully saturated rings. The molecule has 0 aromatic heterocycles. The van der Waals surface area contributed by atoms with Gasteiger partial charge in [-0.3, -0.25) is 14.4 Å². The first kappa shape index (κ1) is 25.0. The summed E-state index contributed by atoms with van der Waals surface area (Å²) >= 11 is 0. The van der Waals surface area contributed by atoms with Crippen molar-refractivity contribution in [1.29, 1.82) is 0 Å². The van der Waals surface area contributed by atoms with Crippen LogP contribution in [0.3, 0.4) is 0 Å². The van der Waals surface area contributed by atoms with E-state index in [1.54, 1.807) is 9.80 Å². The van der Waals surface area contributed by atoms with Crippen LogP contribution >= 0.6 is 0 Å². The van der Waals surface area contributed by atoms with E-state index in [1.165, 1.54) is 5.06 Å². The van der Waals surface area contributed by atoms with Crippen molar-refractivity contribution in [2.24, 2.45) is 17.8 Å². The molecule has 8 nitrogen and oxygen atoms in total. The monoisotopic (exact) mass is 459 g/mol. The largest absolute Gasteiger partial charge is 0.448 e. The van der Waals surface area contributed by atoms with E-state index in [9.17, 15) is 14.4 Å². The van der Waals surface area contributed by atoms with Crippen molar-refractivity contribution in [3.63, 3.8) is 0 Å². The third kappa shape index (κ3) is 5.32. The first-order valence-corrected chi connectivity index (χ1v) is 11.9. The second-order valence-electron chi connectivity index (χ2n) is 9.83. The number of hydroxylamine groups is 2. The molecule has 33 heavy (non-hydrogen) atoms. The first-order chi connectivity index (χ1) is 15.6. The van der Waals surface area contributed by atoms with Crippen LogP contribution in [-0.2, 0) is 25.7 Å². The van der Waals surface area contributed by atoms with Crippen LogP contribution in [0.1, 0.15) is 53.5 Å². The summed E-state index contributed by atoms with van der Waals surface area (Å²) in [6.07, 6.45) is -1.51. The van der Waals surface area contributed by atoms with Crippen LogP contribution < -0.4 is 0 Å². The number of hydrogen-bond donors (Lipinski definition) is 0. The van der Waals surface area contributed by atoms with Gasteiger partial charge in [0.15, 0.2) is 12.3 Å². The number of ether oxygens (including phenoxy) is 1. The lowest BCUT2D eigenvalue weighted by Gasteiger charge is -2.54. The van der Waals surface area contributed by atoms with Gasteiger partial charge in [0.05, 0.1) is 13.2 Å².